The molecule has 2 N–H and O–H groups in total. The Bertz CT molecular complexity index is 691. The molecule has 0 aliphatic heterocycles. The summed E-state index contributed by atoms with van der Waals surface area (Å²) < 4.78 is 35.3. The zero-order chi connectivity index (χ0) is 17.6. The number of rotatable bonds is 7. The molecule has 0 aliphatic carbocycles. The Morgan fingerprint density at radius 2 is 1.52 bits per heavy atom. The molecule has 126 valence electrons. The van der Waals surface area contributed by atoms with Crippen LogP contribution in [0.3, 0.4) is 0 Å². The molecule has 1 rings (SSSR count). The van der Waals surface area contributed by atoms with Crippen LogP contribution in [-0.2, 0) is 24.3 Å². The highest BCUT2D eigenvalue weighted by Gasteiger charge is 2.21. The van der Waals surface area contributed by atoms with E-state index >= 15 is 0 Å². The number of carbonyl (C=O) groups excluding carboxylic acids is 2. The van der Waals surface area contributed by atoms with Crippen molar-refractivity contribution in [3.8, 4) is 0 Å². The summed E-state index contributed by atoms with van der Waals surface area (Å²) in [4.78, 5) is 33.2. The Morgan fingerprint density at radius 1 is 1.04 bits per heavy atom. The van der Waals surface area contributed by atoms with Crippen molar-refractivity contribution in [1.82, 2.24) is 4.72 Å². The van der Waals surface area contributed by atoms with Gasteiger partial charge in [-0.05, 0) is 18.2 Å². The number of carbonyl (C=O) groups is 3. The Hall–Kier alpha value is -2.46. The molecule has 0 saturated carbocycles. The van der Waals surface area contributed by atoms with Crippen LogP contribution in [0.25, 0.3) is 0 Å². The predicted molar refractivity (Wildman–Crippen MR) is 76.6 cm³/mol. The van der Waals surface area contributed by atoms with E-state index in [1.165, 1.54) is 0 Å². The monoisotopic (exact) mass is 345 g/mol. The van der Waals surface area contributed by atoms with E-state index in [1.807, 2.05) is 0 Å². The van der Waals surface area contributed by atoms with Gasteiger partial charge in [0.15, 0.2) is 0 Å². The molecule has 0 aliphatic rings. The molecular weight excluding hydrogens is 330 g/mol. The van der Waals surface area contributed by atoms with Gasteiger partial charge in [-0.15, -0.1) is 0 Å². The van der Waals surface area contributed by atoms with Crippen molar-refractivity contribution in [3.05, 3.63) is 29.3 Å². The Balaban J connectivity index is 3.25. The average Bonchev–Trinajstić information content (AvgIpc) is 2.52. The summed E-state index contributed by atoms with van der Waals surface area (Å²) in [5.41, 5.74) is -0.317. The number of benzene rings is 1. The number of ether oxygens (including phenoxy) is 2. The van der Waals surface area contributed by atoms with Crippen LogP contribution in [0, 0.1) is 0 Å². The van der Waals surface area contributed by atoms with Crippen LogP contribution in [-0.4, -0.2) is 52.2 Å². The standard InChI is InChI=1S/C13H15NO8S/c1-21-12(17)8-5-9(13(18)22-2)7-10(6-8)23(19,20)14-4-3-11(15)16/h5-7,14H,3-4H2,1-2H3,(H,15,16). The van der Waals surface area contributed by atoms with Gasteiger partial charge in [0.25, 0.3) is 0 Å². The van der Waals surface area contributed by atoms with Crippen LogP contribution in [0.4, 0.5) is 0 Å². The highest BCUT2D eigenvalue weighted by Crippen LogP contribution is 2.17. The molecule has 9 nitrogen and oxygen atoms in total. The zero-order valence-electron chi connectivity index (χ0n) is 12.4. The molecule has 1 aromatic rings. The largest absolute Gasteiger partial charge is 0.481 e. The highest BCUT2D eigenvalue weighted by atomic mass is 32.2. The molecule has 0 radical (unpaired) electrons. The minimum atomic E-state index is -4.11. The quantitative estimate of drug-likeness (QED) is 0.660. The summed E-state index contributed by atoms with van der Waals surface area (Å²) in [7, 11) is -1.91. The summed E-state index contributed by atoms with van der Waals surface area (Å²) in [6.45, 7) is -0.340. The number of carboxylic acid groups (broad SMARTS) is 1. The fourth-order valence-corrected chi connectivity index (χ4v) is 2.70. The third-order valence-corrected chi connectivity index (χ3v) is 4.13. The SMILES string of the molecule is COC(=O)c1cc(C(=O)OC)cc(S(=O)(=O)NCCC(=O)O)c1. The van der Waals surface area contributed by atoms with Crippen LogP contribution in [0.15, 0.2) is 23.1 Å². The highest BCUT2D eigenvalue weighted by molar-refractivity contribution is 7.89. The smallest absolute Gasteiger partial charge is 0.337 e. The van der Waals surface area contributed by atoms with Crippen molar-refractivity contribution >= 4 is 27.9 Å². The maximum absolute atomic E-state index is 12.1. The van der Waals surface area contributed by atoms with E-state index in [9.17, 15) is 22.8 Å². The Labute approximate surface area is 132 Å². The number of hydrogen-bond acceptors (Lipinski definition) is 7. The van der Waals surface area contributed by atoms with Gasteiger partial charge in [0.1, 0.15) is 0 Å². The maximum atomic E-state index is 12.1. The van der Waals surface area contributed by atoms with Gasteiger partial charge in [-0.2, -0.15) is 0 Å². The zero-order valence-corrected chi connectivity index (χ0v) is 13.2. The average molecular weight is 345 g/mol. The molecule has 0 saturated heterocycles. The van der Waals surface area contributed by atoms with Gasteiger partial charge in [0, 0.05) is 6.54 Å². The summed E-state index contributed by atoms with van der Waals surface area (Å²) >= 11 is 0. The van der Waals surface area contributed by atoms with E-state index < -0.39 is 34.4 Å². The molecule has 0 atom stereocenters. The van der Waals surface area contributed by atoms with Crippen LogP contribution in [0.5, 0.6) is 0 Å². The Kier molecular flexibility index (Phi) is 6.22. The predicted octanol–water partition coefficient (Wildman–Crippen LogP) is 0.0128. The van der Waals surface area contributed by atoms with Gasteiger partial charge in [-0.25, -0.2) is 22.7 Å². The summed E-state index contributed by atoms with van der Waals surface area (Å²) in [5.74, 6) is -2.85. The summed E-state index contributed by atoms with van der Waals surface area (Å²) in [5, 5.41) is 8.52. The molecule has 10 heteroatoms. The van der Waals surface area contributed by atoms with Crippen LogP contribution in [0.2, 0.25) is 0 Å². The van der Waals surface area contributed by atoms with E-state index in [0.717, 1.165) is 32.4 Å². The second-order valence-electron chi connectivity index (χ2n) is 4.27. The molecule has 0 aromatic heterocycles. The van der Waals surface area contributed by atoms with Gasteiger partial charge in [-0.1, -0.05) is 0 Å². The van der Waals surface area contributed by atoms with Crippen LogP contribution in [0.1, 0.15) is 27.1 Å². The van der Waals surface area contributed by atoms with Crippen molar-refractivity contribution in [3.63, 3.8) is 0 Å². The molecule has 0 spiro atoms. The van der Waals surface area contributed by atoms with E-state index in [4.69, 9.17) is 5.11 Å². The first-order valence-corrected chi connectivity index (χ1v) is 7.72. The molecule has 0 unspecified atom stereocenters. The van der Waals surface area contributed by atoms with E-state index in [2.05, 4.69) is 14.2 Å². The van der Waals surface area contributed by atoms with Crippen LogP contribution < -0.4 is 4.72 Å². The van der Waals surface area contributed by atoms with Gasteiger partial charge in [-0.3, -0.25) is 4.79 Å². The molecule has 0 bridgehead atoms. The lowest BCUT2D eigenvalue weighted by atomic mass is 10.1. The second-order valence-corrected chi connectivity index (χ2v) is 6.04. The minimum absolute atomic E-state index is 0.158. The van der Waals surface area contributed by atoms with Crippen molar-refractivity contribution in [1.29, 1.82) is 0 Å². The lowest BCUT2D eigenvalue weighted by Gasteiger charge is -2.09. The lowest BCUT2D eigenvalue weighted by molar-refractivity contribution is -0.136. The first-order valence-electron chi connectivity index (χ1n) is 6.24. The van der Waals surface area contributed by atoms with E-state index in [-0.39, 0.29) is 22.6 Å². The lowest BCUT2D eigenvalue weighted by Crippen LogP contribution is -2.27. The van der Waals surface area contributed by atoms with Crippen molar-refractivity contribution in [2.45, 2.75) is 11.3 Å². The molecular formula is C13H15NO8S. The first kappa shape index (κ1) is 18.6. The van der Waals surface area contributed by atoms with Gasteiger partial charge in [0.2, 0.25) is 10.0 Å². The molecule has 23 heavy (non-hydrogen) atoms. The molecule has 0 fully saturated rings. The number of methoxy groups -OCH3 is 2. The third kappa shape index (κ3) is 5.04. The van der Waals surface area contributed by atoms with E-state index in [0.29, 0.717) is 0 Å². The topological polar surface area (TPSA) is 136 Å². The fourth-order valence-electron chi connectivity index (χ4n) is 1.60. The summed E-state index contributed by atoms with van der Waals surface area (Å²) in [6, 6.07) is 3.16. The van der Waals surface area contributed by atoms with Crippen LogP contribution >= 0.6 is 0 Å². The number of carboxylic acids is 1. The van der Waals surface area contributed by atoms with E-state index in [1.54, 1.807) is 0 Å². The summed E-state index contributed by atoms with van der Waals surface area (Å²) in [6.07, 6.45) is -0.417. The normalized spacial score (nSPS) is 10.9. The number of nitrogens with one attached hydrogen (secondary N) is 1. The fraction of sp³-hybridized carbons (Fsp3) is 0.308. The minimum Gasteiger partial charge on any atom is -0.481 e. The third-order valence-electron chi connectivity index (χ3n) is 2.69. The Morgan fingerprint density at radius 3 is 1.91 bits per heavy atom. The van der Waals surface area contributed by atoms with Gasteiger partial charge in [0.05, 0.1) is 36.7 Å². The van der Waals surface area contributed by atoms with Crippen molar-refractivity contribution in [2.75, 3.05) is 20.8 Å². The molecule has 0 amide bonds. The molecule has 1 aromatic carbocycles. The van der Waals surface area contributed by atoms with Gasteiger partial charge >= 0.3 is 17.9 Å². The number of hydrogen-bond donors (Lipinski definition) is 2. The van der Waals surface area contributed by atoms with Gasteiger partial charge < -0.3 is 14.6 Å². The number of sulfonamides is 1. The second kappa shape index (κ2) is 7.70. The first-order chi connectivity index (χ1) is 10.7. The van der Waals surface area contributed by atoms with Crippen molar-refractivity contribution < 1.29 is 37.4 Å². The number of esters is 2. The molecule has 0 heterocycles. The maximum Gasteiger partial charge on any atom is 0.337 e. The number of aliphatic carboxylic acids is 1. The van der Waals surface area contributed by atoms with Crippen molar-refractivity contribution in [2.24, 2.45) is 0 Å².